The molecule has 0 aliphatic heterocycles. The Bertz CT molecular complexity index is 521. The van der Waals surface area contributed by atoms with E-state index in [1.807, 2.05) is 11.9 Å². The smallest absolute Gasteiger partial charge is 0.243 e. The molecule has 19 heavy (non-hydrogen) atoms. The van der Waals surface area contributed by atoms with E-state index in [0.717, 1.165) is 6.54 Å². The molecule has 3 N–H and O–H groups in total. The minimum atomic E-state index is 0.323. The van der Waals surface area contributed by atoms with E-state index in [1.165, 1.54) is 0 Å². The molecule has 0 amide bonds. The fourth-order valence-electron chi connectivity index (χ4n) is 1.71. The Morgan fingerprint density at radius 3 is 2.74 bits per heavy atom. The molecule has 0 radical (unpaired) electrons. The molecule has 102 valence electrons. The zero-order chi connectivity index (χ0) is 13.8. The normalized spacial score (nSPS) is 10.8. The number of nitrogens with one attached hydrogen (secondary N) is 1. The zero-order valence-corrected chi connectivity index (χ0v) is 11.3. The molecule has 0 unspecified atom stereocenters. The quantitative estimate of drug-likeness (QED) is 0.595. The highest BCUT2D eigenvalue weighted by Gasteiger charge is 2.12. The van der Waals surface area contributed by atoms with E-state index >= 15 is 0 Å². The van der Waals surface area contributed by atoms with Crippen LogP contribution in [0.3, 0.4) is 0 Å². The number of rotatable bonds is 5. The van der Waals surface area contributed by atoms with Gasteiger partial charge in [0, 0.05) is 26.0 Å². The third kappa shape index (κ3) is 3.16. The molecular weight excluding hydrogens is 244 g/mol. The third-order valence-electron chi connectivity index (χ3n) is 2.46. The van der Waals surface area contributed by atoms with E-state index in [-0.39, 0.29) is 0 Å². The van der Waals surface area contributed by atoms with Crippen LogP contribution in [-0.4, -0.2) is 38.1 Å². The monoisotopic (exact) mass is 262 g/mol. The Kier molecular flexibility index (Phi) is 3.91. The van der Waals surface area contributed by atoms with Crippen LogP contribution < -0.4 is 16.2 Å². The molecule has 0 spiro atoms. The zero-order valence-electron chi connectivity index (χ0n) is 11.3. The number of nitrogen functional groups attached to an aromatic ring is 1. The first-order valence-corrected chi connectivity index (χ1v) is 6.02. The summed E-state index contributed by atoms with van der Waals surface area (Å²) in [6.45, 7) is 5.12. The van der Waals surface area contributed by atoms with Crippen molar-refractivity contribution in [2.24, 2.45) is 11.8 Å². The molecule has 8 nitrogen and oxygen atoms in total. The molecule has 0 aromatic carbocycles. The van der Waals surface area contributed by atoms with Gasteiger partial charge in [-0.3, -0.25) is 9.99 Å². The van der Waals surface area contributed by atoms with Gasteiger partial charge in [-0.25, -0.2) is 10.8 Å². The molecule has 0 saturated carbocycles. The predicted molar refractivity (Wildman–Crippen MR) is 72.9 cm³/mol. The summed E-state index contributed by atoms with van der Waals surface area (Å²) in [6, 6.07) is 0. The number of nitrogens with two attached hydrogens (primary N) is 1. The summed E-state index contributed by atoms with van der Waals surface area (Å²) in [5.74, 6) is 7.27. The van der Waals surface area contributed by atoms with Gasteiger partial charge in [0.25, 0.3) is 0 Å². The van der Waals surface area contributed by atoms with E-state index in [9.17, 15) is 0 Å². The topological polar surface area (TPSA) is 97.8 Å². The maximum absolute atomic E-state index is 5.40. The lowest BCUT2D eigenvalue weighted by Crippen LogP contribution is -2.26. The lowest BCUT2D eigenvalue weighted by molar-refractivity contribution is 0.628. The largest absolute Gasteiger partial charge is 0.343 e. The second kappa shape index (κ2) is 5.61. The van der Waals surface area contributed by atoms with E-state index in [2.05, 4.69) is 39.2 Å². The lowest BCUT2D eigenvalue weighted by Gasteiger charge is -2.19. The highest BCUT2D eigenvalue weighted by Crippen LogP contribution is 2.12. The van der Waals surface area contributed by atoms with E-state index in [4.69, 9.17) is 5.84 Å². The highest BCUT2D eigenvalue weighted by molar-refractivity contribution is 5.38. The molecule has 0 aliphatic carbocycles. The van der Waals surface area contributed by atoms with Crippen LogP contribution in [0.4, 0.5) is 11.9 Å². The Morgan fingerprint density at radius 2 is 2.16 bits per heavy atom. The number of hydrazine groups is 1. The summed E-state index contributed by atoms with van der Waals surface area (Å²) in [7, 11) is 1.94. The van der Waals surface area contributed by atoms with Crippen molar-refractivity contribution < 1.29 is 0 Å². The first kappa shape index (κ1) is 13.2. The Balaban J connectivity index is 2.36. The fourth-order valence-corrected chi connectivity index (χ4v) is 1.71. The van der Waals surface area contributed by atoms with Gasteiger partial charge in [0.15, 0.2) is 0 Å². The summed E-state index contributed by atoms with van der Waals surface area (Å²) in [6.07, 6.45) is 5.06. The summed E-state index contributed by atoms with van der Waals surface area (Å²) in [5, 5.41) is 0. The number of aromatic nitrogens is 5. The second-order valence-corrected chi connectivity index (χ2v) is 4.65. The summed E-state index contributed by atoms with van der Waals surface area (Å²) >= 11 is 0. The molecule has 0 fully saturated rings. The molecule has 2 heterocycles. The van der Waals surface area contributed by atoms with Crippen LogP contribution >= 0.6 is 0 Å². The molecule has 0 saturated heterocycles. The molecule has 2 rings (SSSR count). The van der Waals surface area contributed by atoms with Crippen molar-refractivity contribution in [3.05, 3.63) is 18.7 Å². The molecule has 2 aromatic rings. The average Bonchev–Trinajstić information content (AvgIpc) is 2.91. The summed E-state index contributed by atoms with van der Waals surface area (Å²) in [5.41, 5.74) is 2.46. The van der Waals surface area contributed by atoms with Gasteiger partial charge >= 0.3 is 0 Å². The van der Waals surface area contributed by atoms with Gasteiger partial charge in [0.1, 0.15) is 6.33 Å². The van der Waals surface area contributed by atoms with E-state index in [1.54, 1.807) is 23.3 Å². The van der Waals surface area contributed by atoms with Gasteiger partial charge < -0.3 is 4.90 Å². The number of hydrogen-bond donors (Lipinski definition) is 2. The Hall–Kier alpha value is -2.22. The summed E-state index contributed by atoms with van der Waals surface area (Å²) in [4.78, 5) is 18.8. The molecular formula is C11H18N8. The van der Waals surface area contributed by atoms with Crippen molar-refractivity contribution in [2.45, 2.75) is 13.8 Å². The SMILES string of the molecule is CC(C)CN(C)c1nc(NN)nc(-n2ccnc2)n1. The molecule has 0 atom stereocenters. The molecule has 2 aromatic heterocycles. The maximum atomic E-state index is 5.40. The van der Waals surface area contributed by atoms with Gasteiger partial charge in [-0.15, -0.1) is 0 Å². The number of imidazole rings is 1. The van der Waals surface area contributed by atoms with Crippen LogP contribution in [0.1, 0.15) is 13.8 Å². The van der Waals surface area contributed by atoms with Crippen LogP contribution in [0.2, 0.25) is 0 Å². The van der Waals surface area contributed by atoms with Crippen molar-refractivity contribution in [3.8, 4) is 5.95 Å². The molecule has 8 heteroatoms. The standard InChI is InChI=1S/C11H18N8/c1-8(2)6-18(3)10-14-9(17-12)15-11(16-10)19-5-4-13-7-19/h4-5,7-8H,6,12H2,1-3H3,(H,14,15,16,17). The van der Waals surface area contributed by atoms with Gasteiger partial charge in [-0.2, -0.15) is 15.0 Å². The fraction of sp³-hybridized carbons (Fsp3) is 0.455. The van der Waals surface area contributed by atoms with Crippen LogP contribution in [0.25, 0.3) is 5.95 Å². The van der Waals surface area contributed by atoms with Crippen molar-refractivity contribution >= 4 is 11.9 Å². The third-order valence-corrected chi connectivity index (χ3v) is 2.46. The van der Waals surface area contributed by atoms with Gasteiger partial charge in [0.05, 0.1) is 0 Å². The van der Waals surface area contributed by atoms with E-state index in [0.29, 0.717) is 23.8 Å². The van der Waals surface area contributed by atoms with Crippen molar-refractivity contribution in [3.63, 3.8) is 0 Å². The minimum Gasteiger partial charge on any atom is -0.343 e. The first-order chi connectivity index (χ1) is 9.10. The Morgan fingerprint density at radius 1 is 1.37 bits per heavy atom. The van der Waals surface area contributed by atoms with Crippen LogP contribution in [-0.2, 0) is 0 Å². The van der Waals surface area contributed by atoms with Gasteiger partial charge in [0.2, 0.25) is 17.8 Å². The Labute approximate surface area is 111 Å². The number of hydrogen-bond acceptors (Lipinski definition) is 7. The second-order valence-electron chi connectivity index (χ2n) is 4.65. The average molecular weight is 262 g/mol. The van der Waals surface area contributed by atoms with Crippen molar-refractivity contribution in [1.82, 2.24) is 24.5 Å². The predicted octanol–water partition coefficient (Wildman–Crippen LogP) is 0.435. The maximum Gasteiger partial charge on any atom is 0.243 e. The van der Waals surface area contributed by atoms with Crippen LogP contribution in [0.15, 0.2) is 18.7 Å². The van der Waals surface area contributed by atoms with Gasteiger partial charge in [-0.1, -0.05) is 13.8 Å². The summed E-state index contributed by atoms with van der Waals surface area (Å²) < 4.78 is 1.70. The number of anilines is 2. The number of nitrogens with zero attached hydrogens (tertiary/aromatic N) is 6. The first-order valence-electron chi connectivity index (χ1n) is 6.02. The molecule has 0 bridgehead atoms. The van der Waals surface area contributed by atoms with Crippen molar-refractivity contribution in [2.75, 3.05) is 23.9 Å². The van der Waals surface area contributed by atoms with Crippen molar-refractivity contribution in [1.29, 1.82) is 0 Å². The van der Waals surface area contributed by atoms with Gasteiger partial charge in [-0.05, 0) is 5.92 Å². The lowest BCUT2D eigenvalue weighted by atomic mass is 10.2. The molecule has 0 aliphatic rings. The minimum absolute atomic E-state index is 0.323. The van der Waals surface area contributed by atoms with Crippen LogP contribution in [0, 0.1) is 5.92 Å². The highest BCUT2D eigenvalue weighted by atomic mass is 15.4. The van der Waals surface area contributed by atoms with Crippen LogP contribution in [0.5, 0.6) is 0 Å². The van der Waals surface area contributed by atoms with E-state index < -0.39 is 0 Å².